The number of hydrogen-bond donors (Lipinski definition) is 4. The van der Waals surface area contributed by atoms with Crippen molar-refractivity contribution in [2.75, 3.05) is 26.5 Å². The van der Waals surface area contributed by atoms with E-state index in [-0.39, 0.29) is 12.6 Å². The Labute approximate surface area is 81.2 Å². The second-order valence-corrected chi connectivity index (χ2v) is 3.01. The zero-order valence-electron chi connectivity index (χ0n) is 7.67. The smallest absolute Gasteiger partial charge is 0.294 e. The van der Waals surface area contributed by atoms with E-state index < -0.39 is 0 Å². The van der Waals surface area contributed by atoms with Crippen LogP contribution in [0.1, 0.15) is 0 Å². The average Bonchev–Trinajstić information content (AvgIpc) is 2.47. The minimum absolute atomic E-state index is 0.247. The van der Waals surface area contributed by atoms with E-state index >= 15 is 0 Å². The first kappa shape index (κ1) is 9.10. The molecule has 2 aliphatic rings. The van der Waals surface area contributed by atoms with Crippen LogP contribution < -0.4 is 21.8 Å². The van der Waals surface area contributed by atoms with Gasteiger partial charge >= 0.3 is 0 Å². The zero-order valence-corrected chi connectivity index (χ0v) is 7.67. The fraction of sp³-hybridized carbons (Fsp3) is 0.571. The molecule has 14 heavy (non-hydrogen) atoms. The van der Waals surface area contributed by atoms with E-state index in [4.69, 9.17) is 10.6 Å². The highest BCUT2D eigenvalue weighted by atomic mass is 16.7. The Balaban J connectivity index is 2.18. The van der Waals surface area contributed by atoms with E-state index in [0.29, 0.717) is 31.3 Å². The average molecular weight is 199 g/mol. The summed E-state index contributed by atoms with van der Waals surface area (Å²) in [6.45, 7) is 2.00. The number of nitrogens with two attached hydrogens (primary N) is 1. The van der Waals surface area contributed by atoms with Crippen LogP contribution in [0.15, 0.2) is 11.5 Å². The van der Waals surface area contributed by atoms with Crippen LogP contribution in [-0.4, -0.2) is 37.3 Å². The third-order valence-electron chi connectivity index (χ3n) is 2.10. The summed E-state index contributed by atoms with van der Waals surface area (Å²) < 4.78 is 0. The van der Waals surface area contributed by atoms with Crippen LogP contribution >= 0.6 is 0 Å². The van der Waals surface area contributed by atoms with Crippen molar-refractivity contribution in [2.45, 2.75) is 0 Å². The lowest BCUT2D eigenvalue weighted by atomic mass is 10.3. The summed E-state index contributed by atoms with van der Waals surface area (Å²) in [5.41, 5.74) is 8.32. The normalized spacial score (nSPS) is 20.9. The van der Waals surface area contributed by atoms with Crippen LogP contribution in [0.4, 0.5) is 0 Å². The summed E-state index contributed by atoms with van der Waals surface area (Å²) in [7, 11) is 0. The Kier molecular flexibility index (Phi) is 2.42. The van der Waals surface area contributed by atoms with Crippen LogP contribution in [0.3, 0.4) is 0 Å². The number of carbonyl (C=O) groups excluding carboxylic acids is 1. The van der Waals surface area contributed by atoms with Crippen molar-refractivity contribution in [1.82, 2.24) is 21.0 Å². The molecular weight excluding hydrogens is 186 g/mol. The molecule has 0 aliphatic carbocycles. The summed E-state index contributed by atoms with van der Waals surface area (Å²) in [5.74, 6) is 0.455. The van der Waals surface area contributed by atoms with Gasteiger partial charge in [-0.2, -0.15) is 0 Å². The second-order valence-electron chi connectivity index (χ2n) is 3.01. The number of nitrogens with one attached hydrogen (secondary N) is 3. The molecule has 0 spiro atoms. The molecule has 0 saturated carbocycles. The Morgan fingerprint density at radius 2 is 2.36 bits per heavy atom. The van der Waals surface area contributed by atoms with Crippen molar-refractivity contribution in [3.63, 3.8) is 0 Å². The topological polar surface area (TPSA) is 91.7 Å². The van der Waals surface area contributed by atoms with Gasteiger partial charge in [0.2, 0.25) is 0 Å². The Morgan fingerprint density at radius 3 is 3.14 bits per heavy atom. The molecule has 0 unspecified atom stereocenters. The molecule has 0 aromatic carbocycles. The molecule has 2 aliphatic heterocycles. The maximum atomic E-state index is 11.5. The molecule has 2 heterocycles. The molecule has 0 saturated heterocycles. The third kappa shape index (κ3) is 1.47. The number of carbonyl (C=O) groups is 1. The number of hydroxylamine groups is 1. The van der Waals surface area contributed by atoms with Crippen LogP contribution in [0.5, 0.6) is 0 Å². The summed E-state index contributed by atoms with van der Waals surface area (Å²) in [6.07, 6.45) is 0. The quantitative estimate of drug-likeness (QED) is 0.396. The molecule has 5 N–H and O–H groups in total. The van der Waals surface area contributed by atoms with Crippen LogP contribution in [0, 0.1) is 0 Å². The molecule has 1 amide bonds. The molecular formula is C7H13N5O2. The standard InChI is InChI=1S/C7H13N5O2/c8-1-2-12-3-9-6-5(12)7(13)11-14-4-10-6/h9-10H,1-4,8H2,(H,11,13). The highest BCUT2D eigenvalue weighted by Crippen LogP contribution is 2.13. The SMILES string of the molecule is NCCN1CNC2=C1C(=O)NOCN2. The van der Waals surface area contributed by atoms with Gasteiger partial charge in [0.15, 0.2) is 0 Å². The van der Waals surface area contributed by atoms with Crippen LogP contribution in [0.2, 0.25) is 0 Å². The van der Waals surface area contributed by atoms with E-state index in [1.165, 1.54) is 0 Å². The lowest BCUT2D eigenvalue weighted by molar-refractivity contribution is -0.130. The van der Waals surface area contributed by atoms with Crippen molar-refractivity contribution in [3.8, 4) is 0 Å². The molecule has 0 aromatic rings. The Morgan fingerprint density at radius 1 is 1.50 bits per heavy atom. The van der Waals surface area contributed by atoms with Crippen LogP contribution in [0.25, 0.3) is 0 Å². The lowest BCUT2D eigenvalue weighted by Crippen LogP contribution is -2.36. The first-order chi connectivity index (χ1) is 6.83. The monoisotopic (exact) mass is 199 g/mol. The number of hydrogen-bond acceptors (Lipinski definition) is 6. The fourth-order valence-electron chi connectivity index (χ4n) is 1.50. The summed E-state index contributed by atoms with van der Waals surface area (Å²) in [5, 5.41) is 6.00. The van der Waals surface area contributed by atoms with Gasteiger partial charge < -0.3 is 21.3 Å². The van der Waals surface area contributed by atoms with Crippen molar-refractivity contribution < 1.29 is 9.63 Å². The van der Waals surface area contributed by atoms with Crippen molar-refractivity contribution in [2.24, 2.45) is 5.73 Å². The van der Waals surface area contributed by atoms with Gasteiger partial charge in [-0.1, -0.05) is 0 Å². The largest absolute Gasteiger partial charge is 0.353 e. The first-order valence-corrected chi connectivity index (χ1v) is 4.42. The molecule has 0 fully saturated rings. The number of nitrogens with zero attached hydrogens (tertiary/aromatic N) is 1. The van der Waals surface area contributed by atoms with Crippen molar-refractivity contribution >= 4 is 5.91 Å². The van der Waals surface area contributed by atoms with Gasteiger partial charge in [0.1, 0.15) is 18.2 Å². The first-order valence-electron chi connectivity index (χ1n) is 4.42. The zero-order chi connectivity index (χ0) is 9.97. The number of rotatable bonds is 2. The van der Waals surface area contributed by atoms with Gasteiger partial charge in [0.25, 0.3) is 5.91 Å². The molecule has 2 rings (SSSR count). The third-order valence-corrected chi connectivity index (χ3v) is 2.10. The van der Waals surface area contributed by atoms with Gasteiger partial charge in [-0.3, -0.25) is 9.63 Å². The minimum atomic E-state index is -0.247. The van der Waals surface area contributed by atoms with Crippen LogP contribution in [-0.2, 0) is 9.63 Å². The lowest BCUT2D eigenvalue weighted by Gasteiger charge is -2.18. The fourth-order valence-corrected chi connectivity index (χ4v) is 1.50. The predicted octanol–water partition coefficient (Wildman–Crippen LogP) is -2.41. The van der Waals surface area contributed by atoms with Crippen molar-refractivity contribution in [1.29, 1.82) is 0 Å². The maximum Gasteiger partial charge on any atom is 0.294 e. The predicted molar refractivity (Wildman–Crippen MR) is 48.0 cm³/mol. The summed E-state index contributed by atoms with van der Waals surface area (Å²) in [6, 6.07) is 0. The van der Waals surface area contributed by atoms with E-state index in [9.17, 15) is 4.79 Å². The highest BCUT2D eigenvalue weighted by Gasteiger charge is 2.29. The highest BCUT2D eigenvalue weighted by molar-refractivity contribution is 5.93. The molecule has 7 heteroatoms. The van der Waals surface area contributed by atoms with Gasteiger partial charge in [-0.15, -0.1) is 0 Å². The summed E-state index contributed by atoms with van der Waals surface area (Å²) >= 11 is 0. The Bertz CT molecular complexity index is 277. The Hall–Kier alpha value is -1.47. The minimum Gasteiger partial charge on any atom is -0.353 e. The number of amides is 1. The molecule has 78 valence electrons. The van der Waals surface area contributed by atoms with E-state index in [0.717, 1.165) is 0 Å². The van der Waals surface area contributed by atoms with Gasteiger partial charge in [0, 0.05) is 13.1 Å². The summed E-state index contributed by atoms with van der Waals surface area (Å²) in [4.78, 5) is 18.2. The van der Waals surface area contributed by atoms with Gasteiger partial charge in [-0.05, 0) is 0 Å². The van der Waals surface area contributed by atoms with Gasteiger partial charge in [-0.25, -0.2) is 5.48 Å². The van der Waals surface area contributed by atoms with E-state index in [1.807, 2.05) is 4.90 Å². The molecule has 7 nitrogen and oxygen atoms in total. The van der Waals surface area contributed by atoms with Crippen molar-refractivity contribution in [3.05, 3.63) is 11.5 Å². The van der Waals surface area contributed by atoms with E-state index in [2.05, 4.69) is 16.1 Å². The molecule has 0 aromatic heterocycles. The maximum absolute atomic E-state index is 11.5. The second kappa shape index (κ2) is 3.72. The molecule has 0 atom stereocenters. The molecule has 0 bridgehead atoms. The molecule has 0 radical (unpaired) electrons. The van der Waals surface area contributed by atoms with E-state index in [1.54, 1.807) is 0 Å². The van der Waals surface area contributed by atoms with Gasteiger partial charge in [0.05, 0.1) is 6.67 Å².